The van der Waals surface area contributed by atoms with Gasteiger partial charge in [-0.1, -0.05) is 23.7 Å². The van der Waals surface area contributed by atoms with Gasteiger partial charge in [0.1, 0.15) is 0 Å². The maximum atomic E-state index is 12.0. The van der Waals surface area contributed by atoms with Gasteiger partial charge < -0.3 is 15.1 Å². The predicted molar refractivity (Wildman–Crippen MR) is 104 cm³/mol. The average Bonchev–Trinajstić information content (AvgIpc) is 3.03. The summed E-state index contributed by atoms with van der Waals surface area (Å²) in [5.41, 5.74) is 0.811. The Kier molecular flexibility index (Phi) is 9.28. The van der Waals surface area contributed by atoms with Crippen LogP contribution in [-0.4, -0.2) is 30.0 Å². The molecule has 0 saturated carbocycles. The zero-order valence-corrected chi connectivity index (χ0v) is 16.1. The van der Waals surface area contributed by atoms with Crippen molar-refractivity contribution in [3.8, 4) is 11.3 Å². The largest absolute Gasteiger partial charge is 0.441 e. The molecule has 138 valence electrons. The van der Waals surface area contributed by atoms with E-state index in [4.69, 9.17) is 16.0 Å². The van der Waals surface area contributed by atoms with Gasteiger partial charge in [0.25, 0.3) is 0 Å². The molecule has 1 saturated heterocycles. The highest BCUT2D eigenvalue weighted by molar-refractivity contribution is 6.33. The van der Waals surface area contributed by atoms with Crippen molar-refractivity contribution >= 4 is 42.3 Å². The van der Waals surface area contributed by atoms with E-state index in [-0.39, 0.29) is 36.8 Å². The van der Waals surface area contributed by atoms with E-state index in [0.29, 0.717) is 29.5 Å². The van der Waals surface area contributed by atoms with Crippen LogP contribution in [0, 0.1) is 0 Å². The standard InChI is InChI=1S/C17H20ClN3O2.2ClH/c18-14-6-2-1-5-13(14)15-11-20-17(23-15)8-7-16(22)21-12-4-3-9-19-10-12;;/h1-2,5-6,11-12,19H,3-4,7-10H2,(H,21,22);2*1H/t12-;;/m0../s1. The number of nitrogens with one attached hydrogen (secondary N) is 2. The molecule has 0 bridgehead atoms. The highest BCUT2D eigenvalue weighted by atomic mass is 35.5. The van der Waals surface area contributed by atoms with Gasteiger partial charge in [-0.05, 0) is 31.5 Å². The van der Waals surface area contributed by atoms with Crippen molar-refractivity contribution in [2.24, 2.45) is 0 Å². The molecule has 0 unspecified atom stereocenters. The molecule has 0 radical (unpaired) electrons. The number of nitrogens with zero attached hydrogens (tertiary/aromatic N) is 1. The van der Waals surface area contributed by atoms with Gasteiger partial charge in [0, 0.05) is 31.0 Å². The lowest BCUT2D eigenvalue weighted by atomic mass is 10.1. The fourth-order valence-electron chi connectivity index (χ4n) is 2.71. The first-order chi connectivity index (χ1) is 11.2. The average molecular weight is 407 g/mol. The molecule has 2 aromatic rings. The Labute approximate surface area is 164 Å². The topological polar surface area (TPSA) is 67.2 Å². The van der Waals surface area contributed by atoms with Crippen LogP contribution in [0.15, 0.2) is 34.9 Å². The lowest BCUT2D eigenvalue weighted by Crippen LogP contribution is -2.45. The van der Waals surface area contributed by atoms with Gasteiger partial charge in [-0.3, -0.25) is 4.79 Å². The van der Waals surface area contributed by atoms with Gasteiger partial charge in [0.15, 0.2) is 11.7 Å². The minimum Gasteiger partial charge on any atom is -0.441 e. The molecule has 1 aromatic heterocycles. The van der Waals surface area contributed by atoms with Crippen molar-refractivity contribution < 1.29 is 9.21 Å². The van der Waals surface area contributed by atoms with E-state index in [1.165, 1.54) is 0 Å². The summed E-state index contributed by atoms with van der Waals surface area (Å²) in [7, 11) is 0. The number of piperidine rings is 1. The zero-order valence-electron chi connectivity index (χ0n) is 13.7. The Balaban J connectivity index is 0.00000156. The molecule has 1 fully saturated rings. The van der Waals surface area contributed by atoms with Crippen LogP contribution >= 0.6 is 36.4 Å². The van der Waals surface area contributed by atoms with Gasteiger partial charge in [-0.25, -0.2) is 4.98 Å². The van der Waals surface area contributed by atoms with Gasteiger partial charge in [0.2, 0.25) is 5.91 Å². The van der Waals surface area contributed by atoms with Crippen molar-refractivity contribution in [2.45, 2.75) is 31.7 Å². The van der Waals surface area contributed by atoms with E-state index in [2.05, 4.69) is 15.6 Å². The molecule has 25 heavy (non-hydrogen) atoms. The molecule has 1 amide bonds. The number of aromatic nitrogens is 1. The minimum atomic E-state index is 0. The summed E-state index contributed by atoms with van der Waals surface area (Å²) in [5, 5.41) is 6.95. The second-order valence-electron chi connectivity index (χ2n) is 5.71. The molecular weight excluding hydrogens is 385 g/mol. The molecule has 1 atom stereocenters. The number of rotatable bonds is 5. The fourth-order valence-corrected chi connectivity index (χ4v) is 2.94. The molecule has 1 aliphatic heterocycles. The number of aryl methyl sites for hydroxylation is 1. The first kappa shape index (κ1) is 21.8. The third kappa shape index (κ3) is 6.19. The summed E-state index contributed by atoms with van der Waals surface area (Å²) in [5.74, 6) is 1.22. The van der Waals surface area contributed by atoms with Crippen molar-refractivity contribution in [1.29, 1.82) is 0 Å². The lowest BCUT2D eigenvalue weighted by Gasteiger charge is -2.23. The number of oxazole rings is 1. The Bertz CT molecular complexity index is 673. The molecule has 8 heteroatoms. The third-order valence-electron chi connectivity index (χ3n) is 3.92. The fraction of sp³-hybridized carbons (Fsp3) is 0.412. The maximum Gasteiger partial charge on any atom is 0.220 e. The molecule has 0 spiro atoms. The van der Waals surface area contributed by atoms with E-state index < -0.39 is 0 Å². The third-order valence-corrected chi connectivity index (χ3v) is 4.25. The number of hydrogen-bond donors (Lipinski definition) is 2. The van der Waals surface area contributed by atoms with E-state index in [1.54, 1.807) is 6.20 Å². The van der Waals surface area contributed by atoms with Crippen molar-refractivity contribution in [3.05, 3.63) is 41.4 Å². The predicted octanol–water partition coefficient (Wildman–Crippen LogP) is 3.64. The molecular formula is C17H22Cl3N3O2. The lowest BCUT2D eigenvalue weighted by molar-refractivity contribution is -0.121. The summed E-state index contributed by atoms with van der Waals surface area (Å²) < 4.78 is 5.70. The number of hydrogen-bond acceptors (Lipinski definition) is 4. The summed E-state index contributed by atoms with van der Waals surface area (Å²) >= 11 is 6.15. The normalized spacial score (nSPS) is 16.4. The molecule has 0 aliphatic carbocycles. The number of carbonyl (C=O) groups excluding carboxylic acids is 1. The second kappa shape index (κ2) is 10.7. The summed E-state index contributed by atoms with van der Waals surface area (Å²) in [4.78, 5) is 16.2. The number of carbonyl (C=O) groups is 1. The molecule has 5 nitrogen and oxygen atoms in total. The molecule has 1 aliphatic rings. The van der Waals surface area contributed by atoms with Crippen LogP contribution < -0.4 is 10.6 Å². The maximum absolute atomic E-state index is 12.0. The van der Waals surface area contributed by atoms with Crippen LogP contribution in [0.25, 0.3) is 11.3 Å². The van der Waals surface area contributed by atoms with Crippen LogP contribution in [0.4, 0.5) is 0 Å². The summed E-state index contributed by atoms with van der Waals surface area (Å²) in [6, 6.07) is 7.70. The van der Waals surface area contributed by atoms with Gasteiger partial charge in [-0.15, -0.1) is 24.8 Å². The van der Waals surface area contributed by atoms with Crippen LogP contribution in [0.2, 0.25) is 5.02 Å². The second-order valence-corrected chi connectivity index (χ2v) is 6.12. The van der Waals surface area contributed by atoms with Crippen LogP contribution in [0.1, 0.15) is 25.2 Å². The number of halogens is 3. The number of benzene rings is 1. The minimum absolute atomic E-state index is 0. The van der Waals surface area contributed by atoms with Gasteiger partial charge in [0.05, 0.1) is 11.2 Å². The van der Waals surface area contributed by atoms with E-state index in [9.17, 15) is 4.79 Å². The summed E-state index contributed by atoms with van der Waals surface area (Å²) in [6.45, 7) is 1.88. The smallest absolute Gasteiger partial charge is 0.220 e. The molecule has 3 rings (SSSR count). The Morgan fingerprint density at radius 1 is 1.36 bits per heavy atom. The molecule has 1 aromatic carbocycles. The highest BCUT2D eigenvalue weighted by Gasteiger charge is 2.16. The first-order valence-corrected chi connectivity index (χ1v) is 8.30. The Morgan fingerprint density at radius 2 is 2.16 bits per heavy atom. The van der Waals surface area contributed by atoms with Crippen molar-refractivity contribution in [3.63, 3.8) is 0 Å². The monoisotopic (exact) mass is 405 g/mol. The van der Waals surface area contributed by atoms with Crippen molar-refractivity contribution in [1.82, 2.24) is 15.6 Å². The van der Waals surface area contributed by atoms with E-state index in [0.717, 1.165) is 31.5 Å². The Morgan fingerprint density at radius 3 is 2.88 bits per heavy atom. The van der Waals surface area contributed by atoms with Crippen LogP contribution in [0.5, 0.6) is 0 Å². The van der Waals surface area contributed by atoms with Crippen molar-refractivity contribution in [2.75, 3.05) is 13.1 Å². The highest BCUT2D eigenvalue weighted by Crippen LogP contribution is 2.28. The van der Waals surface area contributed by atoms with Gasteiger partial charge >= 0.3 is 0 Å². The summed E-state index contributed by atoms with van der Waals surface area (Å²) in [6.07, 6.45) is 4.65. The SMILES string of the molecule is Cl.Cl.O=C(CCc1ncc(-c2ccccc2Cl)o1)N[C@H]1CCCNC1. The first-order valence-electron chi connectivity index (χ1n) is 7.92. The van der Waals surface area contributed by atoms with Gasteiger partial charge in [-0.2, -0.15) is 0 Å². The Hall–Kier alpha value is -1.27. The zero-order chi connectivity index (χ0) is 16.1. The quantitative estimate of drug-likeness (QED) is 0.795. The molecule has 2 N–H and O–H groups in total. The van der Waals surface area contributed by atoms with Crippen LogP contribution in [0.3, 0.4) is 0 Å². The number of amides is 1. The van der Waals surface area contributed by atoms with E-state index >= 15 is 0 Å². The van der Waals surface area contributed by atoms with E-state index in [1.807, 2.05) is 24.3 Å². The van der Waals surface area contributed by atoms with Crippen LogP contribution in [-0.2, 0) is 11.2 Å². The molecule has 2 heterocycles.